The largest absolute Gasteiger partial charge is 0.296 e. The lowest BCUT2D eigenvalue weighted by atomic mass is 10.5. The van der Waals surface area contributed by atoms with E-state index in [0.717, 1.165) is 10.3 Å². The maximum absolute atomic E-state index is 10.7. The Kier molecular flexibility index (Phi) is 1.77. The number of carbonyl (C=O) groups excluding carboxylic acids is 1. The predicted molar refractivity (Wildman–Crippen MR) is 37.9 cm³/mol. The Balaban J connectivity index is 3.18. The summed E-state index contributed by atoms with van der Waals surface area (Å²) in [5, 5.41) is 3.46. The summed E-state index contributed by atoms with van der Waals surface area (Å²) in [5.41, 5.74) is 0.107. The summed E-state index contributed by atoms with van der Waals surface area (Å²) in [7, 11) is -3.35. The quantitative estimate of drug-likeness (QED) is 0.567. The van der Waals surface area contributed by atoms with E-state index in [2.05, 4.69) is 5.10 Å². The fourth-order valence-electron chi connectivity index (χ4n) is 0.568. The van der Waals surface area contributed by atoms with Crippen molar-refractivity contribution >= 4 is 16.3 Å². The summed E-state index contributed by atoms with van der Waals surface area (Å²) in [4.78, 5) is 10.1. The summed E-state index contributed by atoms with van der Waals surface area (Å²) in [6.45, 7) is 0. The predicted octanol–water partition coefficient (Wildman–Crippen LogP) is -0.497. The molecule has 0 unspecified atom stereocenters. The summed E-state index contributed by atoms with van der Waals surface area (Å²) >= 11 is 0. The SMILES string of the molecule is CS(=O)(=O)n1ccc(C=O)n1. The third kappa shape index (κ3) is 1.64. The maximum Gasteiger partial charge on any atom is 0.250 e. The normalized spacial score (nSPS) is 11.4. The van der Waals surface area contributed by atoms with Crippen LogP contribution in [0.5, 0.6) is 0 Å². The highest BCUT2D eigenvalue weighted by atomic mass is 32.2. The van der Waals surface area contributed by atoms with E-state index in [1.54, 1.807) is 0 Å². The Labute approximate surface area is 63.7 Å². The molecule has 0 N–H and O–H groups in total. The molecule has 0 spiro atoms. The van der Waals surface area contributed by atoms with Gasteiger partial charge >= 0.3 is 0 Å². The van der Waals surface area contributed by atoms with E-state index in [4.69, 9.17) is 0 Å². The van der Waals surface area contributed by atoms with Crippen LogP contribution in [-0.2, 0) is 10.0 Å². The zero-order valence-corrected chi connectivity index (χ0v) is 6.58. The maximum atomic E-state index is 10.7. The molecule has 1 aromatic heterocycles. The van der Waals surface area contributed by atoms with Gasteiger partial charge in [-0.05, 0) is 6.07 Å². The minimum absolute atomic E-state index is 0.107. The first-order valence-corrected chi connectivity index (χ1v) is 4.60. The third-order valence-electron chi connectivity index (χ3n) is 1.05. The van der Waals surface area contributed by atoms with Crippen molar-refractivity contribution in [1.29, 1.82) is 0 Å². The number of nitrogens with zero attached hydrogens (tertiary/aromatic N) is 2. The molecule has 0 fully saturated rings. The fourth-order valence-corrected chi connectivity index (χ4v) is 1.09. The van der Waals surface area contributed by atoms with Crippen LogP contribution in [0.15, 0.2) is 12.3 Å². The second kappa shape index (κ2) is 2.46. The zero-order valence-electron chi connectivity index (χ0n) is 5.76. The highest BCUT2D eigenvalue weighted by Crippen LogP contribution is 1.94. The summed E-state index contributed by atoms with van der Waals surface area (Å²) in [6, 6.07) is 1.33. The lowest BCUT2D eigenvalue weighted by Crippen LogP contribution is -2.10. The van der Waals surface area contributed by atoms with Crippen LogP contribution in [-0.4, -0.2) is 30.1 Å². The van der Waals surface area contributed by atoms with Gasteiger partial charge < -0.3 is 0 Å². The van der Waals surface area contributed by atoms with Gasteiger partial charge in [-0.3, -0.25) is 4.79 Å². The van der Waals surface area contributed by atoms with Crippen molar-refractivity contribution in [2.45, 2.75) is 0 Å². The summed E-state index contributed by atoms with van der Waals surface area (Å²) in [6.07, 6.45) is 2.72. The molecule has 1 rings (SSSR count). The molecule has 0 aromatic carbocycles. The van der Waals surface area contributed by atoms with Crippen LogP contribution in [0.1, 0.15) is 10.5 Å². The smallest absolute Gasteiger partial charge is 0.250 e. The van der Waals surface area contributed by atoms with Gasteiger partial charge in [-0.1, -0.05) is 0 Å². The van der Waals surface area contributed by atoms with Crippen molar-refractivity contribution in [1.82, 2.24) is 9.19 Å². The van der Waals surface area contributed by atoms with E-state index in [0.29, 0.717) is 6.29 Å². The van der Waals surface area contributed by atoms with E-state index in [9.17, 15) is 13.2 Å². The number of carbonyl (C=O) groups is 1. The van der Waals surface area contributed by atoms with Crippen molar-refractivity contribution in [3.05, 3.63) is 18.0 Å². The number of hydrogen-bond donors (Lipinski definition) is 0. The molecular formula is C5H6N2O3S. The molecule has 5 nitrogen and oxygen atoms in total. The van der Waals surface area contributed by atoms with Crippen LogP contribution in [0, 0.1) is 0 Å². The molecule has 0 saturated heterocycles. The topological polar surface area (TPSA) is 69.0 Å². The van der Waals surface area contributed by atoms with Gasteiger partial charge in [0.1, 0.15) is 5.69 Å². The lowest BCUT2D eigenvalue weighted by Gasteiger charge is -1.92. The van der Waals surface area contributed by atoms with Gasteiger partial charge in [0.2, 0.25) is 0 Å². The summed E-state index contributed by atoms with van der Waals surface area (Å²) in [5.74, 6) is 0. The van der Waals surface area contributed by atoms with E-state index in [-0.39, 0.29) is 5.69 Å². The van der Waals surface area contributed by atoms with Gasteiger partial charge in [-0.25, -0.2) is 8.42 Å². The Morgan fingerprint density at radius 1 is 1.64 bits per heavy atom. The molecular weight excluding hydrogens is 168 g/mol. The van der Waals surface area contributed by atoms with Crippen LogP contribution < -0.4 is 0 Å². The molecule has 0 aliphatic carbocycles. The van der Waals surface area contributed by atoms with Crippen LogP contribution in [0.25, 0.3) is 0 Å². The minimum atomic E-state index is -3.35. The van der Waals surface area contributed by atoms with Crippen LogP contribution in [0.3, 0.4) is 0 Å². The molecule has 0 bridgehead atoms. The number of rotatable bonds is 2. The van der Waals surface area contributed by atoms with E-state index in [1.807, 2.05) is 0 Å². The molecule has 60 valence electrons. The van der Waals surface area contributed by atoms with Gasteiger partial charge in [0, 0.05) is 6.20 Å². The first-order valence-electron chi connectivity index (χ1n) is 2.75. The Morgan fingerprint density at radius 3 is 2.55 bits per heavy atom. The van der Waals surface area contributed by atoms with Gasteiger partial charge in [0.15, 0.2) is 6.29 Å². The van der Waals surface area contributed by atoms with E-state index in [1.165, 1.54) is 12.3 Å². The molecule has 1 aromatic rings. The van der Waals surface area contributed by atoms with Gasteiger partial charge in [-0.15, -0.1) is 0 Å². The summed E-state index contributed by atoms with van der Waals surface area (Å²) < 4.78 is 22.2. The standard InChI is InChI=1S/C5H6N2O3S/c1-11(9,10)7-3-2-5(4-8)6-7/h2-4H,1H3. The van der Waals surface area contributed by atoms with Crippen molar-refractivity contribution in [2.24, 2.45) is 0 Å². The minimum Gasteiger partial charge on any atom is -0.296 e. The van der Waals surface area contributed by atoms with Gasteiger partial charge in [-0.2, -0.15) is 9.19 Å². The second-order valence-electron chi connectivity index (χ2n) is 1.99. The van der Waals surface area contributed by atoms with Crippen LogP contribution >= 0.6 is 0 Å². The Hall–Kier alpha value is -1.17. The lowest BCUT2D eigenvalue weighted by molar-refractivity contribution is 0.111. The molecule has 11 heavy (non-hydrogen) atoms. The van der Waals surface area contributed by atoms with E-state index >= 15 is 0 Å². The molecule has 0 atom stereocenters. The first kappa shape index (κ1) is 7.93. The third-order valence-corrected chi connectivity index (χ3v) is 1.93. The molecule has 0 amide bonds. The average molecular weight is 174 g/mol. The second-order valence-corrected chi connectivity index (χ2v) is 3.83. The van der Waals surface area contributed by atoms with Gasteiger partial charge in [0.05, 0.1) is 6.26 Å². The van der Waals surface area contributed by atoms with Gasteiger partial charge in [0.25, 0.3) is 10.0 Å². The molecule has 0 aliphatic rings. The zero-order chi connectivity index (χ0) is 8.48. The van der Waals surface area contributed by atoms with Crippen LogP contribution in [0.4, 0.5) is 0 Å². The molecule has 1 heterocycles. The molecule has 0 saturated carbocycles. The monoisotopic (exact) mass is 174 g/mol. The number of aldehydes is 1. The Morgan fingerprint density at radius 2 is 2.27 bits per heavy atom. The Bertz CT molecular complexity index is 365. The highest BCUT2D eigenvalue weighted by molar-refractivity contribution is 7.89. The van der Waals surface area contributed by atoms with Crippen molar-refractivity contribution in [3.8, 4) is 0 Å². The first-order chi connectivity index (χ1) is 5.04. The van der Waals surface area contributed by atoms with E-state index < -0.39 is 10.0 Å². The molecule has 0 radical (unpaired) electrons. The molecule has 6 heteroatoms. The fraction of sp³-hybridized carbons (Fsp3) is 0.200. The van der Waals surface area contributed by atoms with Crippen molar-refractivity contribution < 1.29 is 13.2 Å². The number of hydrogen-bond acceptors (Lipinski definition) is 4. The average Bonchev–Trinajstić information content (AvgIpc) is 2.32. The number of aromatic nitrogens is 2. The molecule has 0 aliphatic heterocycles. The van der Waals surface area contributed by atoms with Crippen molar-refractivity contribution in [2.75, 3.05) is 6.26 Å². The highest BCUT2D eigenvalue weighted by Gasteiger charge is 2.05. The van der Waals surface area contributed by atoms with Crippen LogP contribution in [0.2, 0.25) is 0 Å². The van der Waals surface area contributed by atoms with Crippen molar-refractivity contribution in [3.63, 3.8) is 0 Å².